The van der Waals surface area contributed by atoms with Gasteiger partial charge in [-0.25, -0.2) is 0 Å². The van der Waals surface area contributed by atoms with Crippen molar-refractivity contribution in [2.24, 2.45) is 5.73 Å². The Labute approximate surface area is 87.3 Å². The second-order valence-corrected chi connectivity index (χ2v) is 3.52. The van der Waals surface area contributed by atoms with Crippen LogP contribution in [-0.4, -0.2) is 0 Å². The van der Waals surface area contributed by atoms with Gasteiger partial charge in [0.25, 0.3) is 0 Å². The fourth-order valence-corrected chi connectivity index (χ4v) is 1.44. The van der Waals surface area contributed by atoms with Gasteiger partial charge < -0.3 is 10.2 Å². The molecule has 0 saturated heterocycles. The van der Waals surface area contributed by atoms with Crippen molar-refractivity contribution in [1.29, 1.82) is 0 Å². The molecular formula is C11H10ClNO. The molecule has 0 bridgehead atoms. The highest BCUT2D eigenvalue weighted by molar-refractivity contribution is 6.30. The van der Waals surface area contributed by atoms with Gasteiger partial charge in [-0.15, -0.1) is 0 Å². The van der Waals surface area contributed by atoms with E-state index < -0.39 is 0 Å². The molecule has 0 amide bonds. The Bertz CT molecular complexity index is 394. The summed E-state index contributed by atoms with van der Waals surface area (Å²) in [6.07, 6.45) is 3.27. The monoisotopic (exact) mass is 207 g/mol. The minimum atomic E-state index is -0.147. The maximum absolute atomic E-state index is 6.01. The summed E-state index contributed by atoms with van der Waals surface area (Å²) >= 11 is 5.78. The topological polar surface area (TPSA) is 39.2 Å². The molecule has 0 aliphatic rings. The maximum atomic E-state index is 6.01. The van der Waals surface area contributed by atoms with Crippen LogP contribution in [0.1, 0.15) is 17.2 Å². The van der Waals surface area contributed by atoms with E-state index in [1.165, 1.54) is 0 Å². The second-order valence-electron chi connectivity index (χ2n) is 3.09. The molecule has 3 heteroatoms. The zero-order chi connectivity index (χ0) is 9.97. The van der Waals surface area contributed by atoms with Crippen molar-refractivity contribution < 1.29 is 4.42 Å². The molecule has 14 heavy (non-hydrogen) atoms. The first kappa shape index (κ1) is 9.31. The van der Waals surface area contributed by atoms with Crippen LogP contribution in [0.15, 0.2) is 47.3 Å². The Balaban J connectivity index is 2.28. The van der Waals surface area contributed by atoms with Crippen molar-refractivity contribution in [3.8, 4) is 0 Å². The molecule has 0 radical (unpaired) electrons. The Morgan fingerprint density at radius 2 is 1.79 bits per heavy atom. The van der Waals surface area contributed by atoms with Crippen LogP contribution in [-0.2, 0) is 0 Å². The highest BCUT2D eigenvalue weighted by Gasteiger charge is 2.09. The van der Waals surface area contributed by atoms with Gasteiger partial charge in [-0.2, -0.15) is 0 Å². The third-order valence-corrected chi connectivity index (χ3v) is 2.38. The highest BCUT2D eigenvalue weighted by atomic mass is 35.5. The summed E-state index contributed by atoms with van der Waals surface area (Å²) in [6.45, 7) is 0. The van der Waals surface area contributed by atoms with Crippen molar-refractivity contribution in [1.82, 2.24) is 0 Å². The first-order chi connectivity index (χ1) is 6.77. The van der Waals surface area contributed by atoms with E-state index >= 15 is 0 Å². The molecule has 1 atom stereocenters. The van der Waals surface area contributed by atoms with E-state index in [9.17, 15) is 0 Å². The van der Waals surface area contributed by atoms with E-state index in [-0.39, 0.29) is 6.04 Å². The van der Waals surface area contributed by atoms with Crippen LogP contribution in [0.3, 0.4) is 0 Å². The Hall–Kier alpha value is -1.25. The smallest absolute Gasteiger partial charge is 0.0953 e. The molecule has 0 fully saturated rings. The van der Waals surface area contributed by atoms with E-state index in [4.69, 9.17) is 21.8 Å². The number of hydrogen-bond donors (Lipinski definition) is 1. The van der Waals surface area contributed by atoms with Gasteiger partial charge in [0.15, 0.2) is 0 Å². The Morgan fingerprint density at radius 3 is 2.36 bits per heavy atom. The Morgan fingerprint density at radius 1 is 1.07 bits per heavy atom. The van der Waals surface area contributed by atoms with Crippen LogP contribution >= 0.6 is 11.6 Å². The lowest BCUT2D eigenvalue weighted by Gasteiger charge is -2.09. The molecule has 2 N–H and O–H groups in total. The SMILES string of the molecule is NC(c1ccc(Cl)cc1)c1ccoc1. The van der Waals surface area contributed by atoms with E-state index in [0.29, 0.717) is 5.02 Å². The summed E-state index contributed by atoms with van der Waals surface area (Å²) < 4.78 is 4.97. The zero-order valence-corrected chi connectivity index (χ0v) is 8.24. The first-order valence-electron chi connectivity index (χ1n) is 4.30. The number of halogens is 1. The number of furan rings is 1. The third-order valence-electron chi connectivity index (χ3n) is 2.13. The standard InChI is InChI=1S/C11H10ClNO/c12-10-3-1-8(2-4-10)11(13)9-5-6-14-7-9/h1-7,11H,13H2. The van der Waals surface area contributed by atoms with Gasteiger partial charge in [0.2, 0.25) is 0 Å². The summed E-state index contributed by atoms with van der Waals surface area (Å²) in [4.78, 5) is 0. The number of nitrogens with two attached hydrogens (primary N) is 1. The fourth-order valence-electron chi connectivity index (χ4n) is 1.31. The lowest BCUT2D eigenvalue weighted by atomic mass is 10.0. The van der Waals surface area contributed by atoms with Gasteiger partial charge in [0.05, 0.1) is 18.6 Å². The van der Waals surface area contributed by atoms with Crippen molar-refractivity contribution >= 4 is 11.6 Å². The molecule has 0 aliphatic heterocycles. The van der Waals surface area contributed by atoms with Crippen LogP contribution < -0.4 is 5.73 Å². The summed E-state index contributed by atoms with van der Waals surface area (Å²) in [5.74, 6) is 0. The molecule has 72 valence electrons. The van der Waals surface area contributed by atoms with Crippen LogP contribution in [0.4, 0.5) is 0 Å². The third kappa shape index (κ3) is 1.81. The molecule has 0 saturated carbocycles. The van der Waals surface area contributed by atoms with Gasteiger partial charge >= 0.3 is 0 Å². The highest BCUT2D eigenvalue weighted by Crippen LogP contribution is 2.21. The summed E-state index contributed by atoms with van der Waals surface area (Å²) in [5, 5.41) is 0.716. The van der Waals surface area contributed by atoms with Gasteiger partial charge in [0.1, 0.15) is 0 Å². The molecule has 1 heterocycles. The van der Waals surface area contributed by atoms with Crippen LogP contribution in [0.2, 0.25) is 5.02 Å². The lowest BCUT2D eigenvalue weighted by molar-refractivity contribution is 0.562. The van der Waals surface area contributed by atoms with Crippen molar-refractivity contribution in [2.45, 2.75) is 6.04 Å². The van der Waals surface area contributed by atoms with E-state index in [1.807, 2.05) is 30.3 Å². The summed E-state index contributed by atoms with van der Waals surface area (Å²) in [6, 6.07) is 9.21. The molecule has 1 unspecified atom stereocenters. The summed E-state index contributed by atoms with van der Waals surface area (Å²) in [5.41, 5.74) is 8.00. The number of benzene rings is 1. The van der Waals surface area contributed by atoms with Gasteiger partial charge in [-0.05, 0) is 23.8 Å². The molecule has 2 aromatic rings. The van der Waals surface area contributed by atoms with Gasteiger partial charge in [0, 0.05) is 10.6 Å². The molecule has 1 aromatic heterocycles. The molecule has 0 spiro atoms. The van der Waals surface area contributed by atoms with Crippen LogP contribution in [0.5, 0.6) is 0 Å². The Kier molecular flexibility index (Phi) is 2.57. The number of rotatable bonds is 2. The first-order valence-corrected chi connectivity index (χ1v) is 4.68. The second kappa shape index (κ2) is 3.86. The normalized spacial score (nSPS) is 12.7. The average molecular weight is 208 g/mol. The molecular weight excluding hydrogens is 198 g/mol. The van der Waals surface area contributed by atoms with Crippen molar-refractivity contribution in [2.75, 3.05) is 0 Å². The van der Waals surface area contributed by atoms with Crippen molar-refractivity contribution in [3.05, 3.63) is 59.0 Å². The predicted octanol–water partition coefficient (Wildman–Crippen LogP) is 2.98. The molecule has 2 nitrogen and oxygen atoms in total. The van der Waals surface area contributed by atoms with Gasteiger partial charge in [-0.1, -0.05) is 23.7 Å². The van der Waals surface area contributed by atoms with Crippen LogP contribution in [0.25, 0.3) is 0 Å². The van der Waals surface area contributed by atoms with Crippen LogP contribution in [0, 0.1) is 0 Å². The van der Waals surface area contributed by atoms with E-state index in [1.54, 1.807) is 12.5 Å². The molecule has 0 aliphatic carbocycles. The fraction of sp³-hybridized carbons (Fsp3) is 0.0909. The lowest BCUT2D eigenvalue weighted by Crippen LogP contribution is -2.10. The minimum absolute atomic E-state index is 0.147. The van der Waals surface area contributed by atoms with E-state index in [2.05, 4.69) is 0 Å². The van der Waals surface area contributed by atoms with Gasteiger partial charge in [-0.3, -0.25) is 0 Å². The predicted molar refractivity (Wildman–Crippen MR) is 56.2 cm³/mol. The number of hydrogen-bond acceptors (Lipinski definition) is 2. The van der Waals surface area contributed by atoms with Crippen molar-refractivity contribution in [3.63, 3.8) is 0 Å². The average Bonchev–Trinajstić information content (AvgIpc) is 2.71. The minimum Gasteiger partial charge on any atom is -0.472 e. The molecule has 2 rings (SSSR count). The molecule has 1 aromatic carbocycles. The largest absolute Gasteiger partial charge is 0.472 e. The quantitative estimate of drug-likeness (QED) is 0.823. The van der Waals surface area contributed by atoms with E-state index in [0.717, 1.165) is 11.1 Å². The maximum Gasteiger partial charge on any atom is 0.0953 e. The zero-order valence-electron chi connectivity index (χ0n) is 7.48. The summed E-state index contributed by atoms with van der Waals surface area (Å²) in [7, 11) is 0.